The first-order valence-corrected chi connectivity index (χ1v) is 4.39. The summed E-state index contributed by atoms with van der Waals surface area (Å²) in [5.41, 5.74) is -1.36. The molecule has 0 amide bonds. The third kappa shape index (κ3) is 1.32. The van der Waals surface area contributed by atoms with Crippen LogP contribution in [0.2, 0.25) is 0 Å². The molecular weight excluding hydrogens is 204 g/mol. The highest BCUT2D eigenvalue weighted by molar-refractivity contribution is 5.15. The van der Waals surface area contributed by atoms with Gasteiger partial charge in [0, 0.05) is 6.07 Å². The molecule has 4 N–H and O–H groups in total. The van der Waals surface area contributed by atoms with Crippen molar-refractivity contribution in [1.82, 2.24) is 9.55 Å². The van der Waals surface area contributed by atoms with E-state index >= 15 is 0 Å². The average molecular weight is 214 g/mol. The number of nitrogens with zero attached hydrogens (tertiary/aromatic N) is 1. The fourth-order valence-corrected chi connectivity index (χ4v) is 1.82. The van der Waals surface area contributed by atoms with Crippen molar-refractivity contribution < 1.29 is 15.3 Å². The summed E-state index contributed by atoms with van der Waals surface area (Å²) in [5, 5.41) is 28.0. The molecule has 82 valence electrons. The van der Waals surface area contributed by atoms with Crippen LogP contribution in [0.5, 0.6) is 0 Å². The van der Waals surface area contributed by atoms with Crippen LogP contribution in [0.15, 0.2) is 15.7 Å². The van der Waals surface area contributed by atoms with E-state index in [1.165, 1.54) is 0 Å². The molecule has 15 heavy (non-hydrogen) atoms. The predicted molar refractivity (Wildman–Crippen MR) is 48.4 cm³/mol. The quantitative estimate of drug-likeness (QED) is 0.411. The van der Waals surface area contributed by atoms with Crippen molar-refractivity contribution in [1.29, 1.82) is 0 Å². The largest absolute Gasteiger partial charge is 0.394 e. The second-order valence-electron chi connectivity index (χ2n) is 3.42. The highest BCUT2D eigenvalue weighted by atomic mass is 16.3. The number of rotatable bonds is 1. The van der Waals surface area contributed by atoms with E-state index in [9.17, 15) is 19.8 Å². The molecule has 0 bridgehead atoms. The Morgan fingerprint density at radius 3 is 2.67 bits per heavy atom. The van der Waals surface area contributed by atoms with Gasteiger partial charge in [0.05, 0.1) is 18.3 Å². The van der Waals surface area contributed by atoms with Crippen molar-refractivity contribution in [3.63, 3.8) is 0 Å². The number of fused-ring (bicyclic) bond motifs is 1. The second-order valence-corrected chi connectivity index (χ2v) is 3.42. The lowest BCUT2D eigenvalue weighted by Crippen LogP contribution is -2.34. The number of aromatic nitrogens is 2. The van der Waals surface area contributed by atoms with Gasteiger partial charge in [0.15, 0.2) is 0 Å². The van der Waals surface area contributed by atoms with Crippen LogP contribution in [0.4, 0.5) is 0 Å². The first-order valence-electron chi connectivity index (χ1n) is 4.39. The molecule has 0 saturated heterocycles. The molecule has 1 aliphatic rings. The zero-order valence-corrected chi connectivity index (χ0v) is 7.62. The Morgan fingerprint density at radius 2 is 2.07 bits per heavy atom. The minimum absolute atomic E-state index is 0.0234. The molecule has 7 heteroatoms. The zero-order chi connectivity index (χ0) is 11.2. The van der Waals surface area contributed by atoms with E-state index in [2.05, 4.69) is 0 Å². The minimum atomic E-state index is -1.32. The highest BCUT2D eigenvalue weighted by Crippen LogP contribution is 2.31. The van der Waals surface area contributed by atoms with E-state index in [1.807, 2.05) is 4.98 Å². The number of aliphatic hydroxyl groups excluding tert-OH is 3. The summed E-state index contributed by atoms with van der Waals surface area (Å²) < 4.78 is 0.997. The number of nitrogens with one attached hydrogen (secondary N) is 1. The van der Waals surface area contributed by atoms with Crippen molar-refractivity contribution in [2.24, 2.45) is 0 Å². The number of aromatic amines is 1. The summed E-state index contributed by atoms with van der Waals surface area (Å²) in [7, 11) is 0. The highest BCUT2D eigenvalue weighted by Gasteiger charge is 2.39. The van der Waals surface area contributed by atoms with Gasteiger partial charge in [0.25, 0.3) is 5.56 Å². The third-order valence-electron chi connectivity index (χ3n) is 2.55. The lowest BCUT2D eigenvalue weighted by atomic mass is 10.1. The van der Waals surface area contributed by atoms with Crippen LogP contribution in [-0.2, 0) is 0 Å². The van der Waals surface area contributed by atoms with E-state index in [4.69, 9.17) is 5.11 Å². The topological polar surface area (TPSA) is 116 Å². The maximum Gasteiger partial charge on any atom is 0.329 e. The molecule has 0 aromatic carbocycles. The maximum absolute atomic E-state index is 11.4. The molecule has 3 atom stereocenters. The molecule has 2 heterocycles. The molecule has 0 radical (unpaired) electrons. The Bertz CT molecular complexity index is 491. The van der Waals surface area contributed by atoms with E-state index in [1.54, 1.807) is 0 Å². The lowest BCUT2D eigenvalue weighted by molar-refractivity contribution is -0.000836. The summed E-state index contributed by atoms with van der Waals surface area (Å²) in [6, 6.07) is 0.115. The van der Waals surface area contributed by atoms with Crippen molar-refractivity contribution >= 4 is 0 Å². The van der Waals surface area contributed by atoms with E-state index in [-0.39, 0.29) is 5.69 Å². The van der Waals surface area contributed by atoms with Gasteiger partial charge in [0.1, 0.15) is 12.2 Å². The summed E-state index contributed by atoms with van der Waals surface area (Å²) >= 11 is 0. The molecule has 0 aliphatic carbocycles. The summed E-state index contributed by atoms with van der Waals surface area (Å²) in [6.45, 7) is -0.489. The van der Waals surface area contributed by atoms with Gasteiger partial charge in [-0.25, -0.2) is 4.79 Å². The Kier molecular flexibility index (Phi) is 2.22. The molecule has 1 aromatic rings. The Hall–Kier alpha value is -1.44. The van der Waals surface area contributed by atoms with Crippen molar-refractivity contribution in [2.45, 2.75) is 18.2 Å². The predicted octanol–water partition coefficient (Wildman–Crippen LogP) is -2.52. The number of aliphatic hydroxyl groups is 3. The molecule has 0 saturated carbocycles. The van der Waals surface area contributed by atoms with Crippen molar-refractivity contribution in [3.8, 4) is 0 Å². The third-order valence-corrected chi connectivity index (χ3v) is 2.55. The van der Waals surface area contributed by atoms with Crippen LogP contribution >= 0.6 is 0 Å². The van der Waals surface area contributed by atoms with E-state index in [0.717, 1.165) is 10.6 Å². The van der Waals surface area contributed by atoms with Gasteiger partial charge >= 0.3 is 5.69 Å². The number of hydrogen-bond acceptors (Lipinski definition) is 5. The number of hydrogen-bond donors (Lipinski definition) is 4. The molecule has 1 aromatic heterocycles. The molecule has 7 nitrogen and oxygen atoms in total. The van der Waals surface area contributed by atoms with Crippen LogP contribution in [0, 0.1) is 0 Å². The van der Waals surface area contributed by atoms with Gasteiger partial charge in [-0.15, -0.1) is 0 Å². The first kappa shape index (κ1) is 10.1. The van der Waals surface area contributed by atoms with Gasteiger partial charge in [-0.1, -0.05) is 0 Å². The summed E-state index contributed by atoms with van der Waals surface area (Å²) in [6.07, 6.45) is -2.60. The normalized spacial score (nSPS) is 29.1. The van der Waals surface area contributed by atoms with Gasteiger partial charge in [-0.2, -0.15) is 0 Å². The lowest BCUT2D eigenvalue weighted by Gasteiger charge is -2.13. The van der Waals surface area contributed by atoms with E-state index in [0.29, 0.717) is 0 Å². The molecule has 0 spiro atoms. The van der Waals surface area contributed by atoms with Gasteiger partial charge < -0.3 is 15.3 Å². The van der Waals surface area contributed by atoms with Gasteiger partial charge in [0.2, 0.25) is 0 Å². The zero-order valence-electron chi connectivity index (χ0n) is 7.62. The Labute approximate surface area is 83.2 Å². The Morgan fingerprint density at radius 1 is 1.40 bits per heavy atom. The second kappa shape index (κ2) is 3.30. The fourth-order valence-electron chi connectivity index (χ4n) is 1.82. The van der Waals surface area contributed by atoms with Crippen LogP contribution in [0.3, 0.4) is 0 Å². The van der Waals surface area contributed by atoms with E-state index < -0.39 is 36.1 Å². The maximum atomic E-state index is 11.4. The summed E-state index contributed by atoms with van der Waals surface area (Å²) in [4.78, 5) is 24.3. The van der Waals surface area contributed by atoms with Gasteiger partial charge in [-0.3, -0.25) is 14.3 Å². The van der Waals surface area contributed by atoms with Crippen LogP contribution in [0.1, 0.15) is 17.8 Å². The first-order chi connectivity index (χ1) is 7.06. The van der Waals surface area contributed by atoms with Gasteiger partial charge in [-0.05, 0) is 0 Å². The monoisotopic (exact) mass is 214 g/mol. The standard InChI is InChI=1S/C8H10N2O5/c11-2-4-7(14)6(13)3-1-5(12)9-8(15)10(3)4/h1,4,6-7,11,13-14H,2H2,(H,9,12,15)/t4-,6+,7-/m1/s1. The van der Waals surface area contributed by atoms with Crippen molar-refractivity contribution in [3.05, 3.63) is 32.6 Å². The van der Waals surface area contributed by atoms with Crippen molar-refractivity contribution in [2.75, 3.05) is 6.61 Å². The smallest absolute Gasteiger partial charge is 0.329 e. The molecule has 2 rings (SSSR count). The SMILES string of the molecule is O=c1cc2n(c(=O)[nH]1)[C@H](CO)[C@@H](O)[C@H]2O. The summed E-state index contributed by atoms with van der Waals surface area (Å²) in [5.74, 6) is 0. The van der Waals surface area contributed by atoms with Crippen LogP contribution < -0.4 is 11.2 Å². The van der Waals surface area contributed by atoms with Crippen LogP contribution in [0.25, 0.3) is 0 Å². The number of H-pyrrole nitrogens is 1. The fraction of sp³-hybridized carbons (Fsp3) is 0.500. The average Bonchev–Trinajstić information content (AvgIpc) is 2.42. The molecule has 0 fully saturated rings. The molecular formula is C8H10N2O5. The minimum Gasteiger partial charge on any atom is -0.394 e. The molecule has 0 unspecified atom stereocenters. The Balaban J connectivity index is 2.71. The molecule has 1 aliphatic heterocycles. The van der Waals surface area contributed by atoms with Crippen LogP contribution in [-0.4, -0.2) is 37.6 Å².